The minimum absolute atomic E-state index is 0.494. The third-order valence-electron chi connectivity index (χ3n) is 3.65. The molecule has 4 rings (SSSR count). The maximum Gasteiger partial charge on any atom is 0.258 e. The van der Waals surface area contributed by atoms with Crippen molar-refractivity contribution < 1.29 is 4.52 Å². The summed E-state index contributed by atoms with van der Waals surface area (Å²) < 4.78 is 5.42. The van der Waals surface area contributed by atoms with Gasteiger partial charge in [0.1, 0.15) is 5.82 Å². The molecule has 0 aliphatic carbocycles. The summed E-state index contributed by atoms with van der Waals surface area (Å²) in [4.78, 5) is 10.00. The Labute approximate surface area is 143 Å². The van der Waals surface area contributed by atoms with Gasteiger partial charge in [-0.1, -0.05) is 23.4 Å². The standard InChI is InChI=1S/C18H14N4OS/c1-19-16-14(4-2-10-20-16)17-21-18(23-22-17)13-8-6-12(7-9-13)15-5-3-11-24-15/h2-11H,1H3,(H,19,20). The second kappa shape index (κ2) is 6.25. The van der Waals surface area contributed by atoms with Gasteiger partial charge in [0.15, 0.2) is 0 Å². The first-order valence-corrected chi connectivity index (χ1v) is 8.34. The van der Waals surface area contributed by atoms with E-state index in [1.165, 1.54) is 10.4 Å². The Morgan fingerprint density at radius 3 is 2.58 bits per heavy atom. The number of hydrogen-bond donors (Lipinski definition) is 1. The minimum Gasteiger partial charge on any atom is -0.373 e. The van der Waals surface area contributed by atoms with E-state index in [0.29, 0.717) is 11.7 Å². The minimum atomic E-state index is 0.494. The van der Waals surface area contributed by atoms with Gasteiger partial charge >= 0.3 is 0 Å². The third kappa shape index (κ3) is 2.68. The van der Waals surface area contributed by atoms with Crippen LogP contribution in [-0.4, -0.2) is 22.2 Å². The zero-order chi connectivity index (χ0) is 16.4. The SMILES string of the molecule is CNc1ncccc1-c1noc(-c2ccc(-c3cccs3)cc2)n1. The second-order valence-corrected chi connectivity index (χ2v) is 6.08. The smallest absolute Gasteiger partial charge is 0.258 e. The lowest BCUT2D eigenvalue weighted by molar-refractivity contribution is 0.432. The van der Waals surface area contributed by atoms with Gasteiger partial charge in [0.2, 0.25) is 5.82 Å². The van der Waals surface area contributed by atoms with Crippen molar-refractivity contribution in [2.45, 2.75) is 0 Å². The number of hydrogen-bond acceptors (Lipinski definition) is 6. The molecule has 3 aromatic heterocycles. The zero-order valence-electron chi connectivity index (χ0n) is 12.9. The maximum absolute atomic E-state index is 5.42. The van der Waals surface area contributed by atoms with Gasteiger partial charge < -0.3 is 9.84 Å². The van der Waals surface area contributed by atoms with Crippen molar-refractivity contribution in [1.29, 1.82) is 0 Å². The summed E-state index contributed by atoms with van der Waals surface area (Å²) in [6.45, 7) is 0. The van der Waals surface area contributed by atoms with Gasteiger partial charge in [-0.15, -0.1) is 11.3 Å². The molecule has 0 atom stereocenters. The first-order chi connectivity index (χ1) is 11.8. The molecule has 0 fully saturated rings. The van der Waals surface area contributed by atoms with Crippen LogP contribution in [0.4, 0.5) is 5.82 Å². The molecule has 6 heteroatoms. The Morgan fingerprint density at radius 2 is 1.83 bits per heavy atom. The molecule has 118 valence electrons. The molecule has 0 bridgehead atoms. The van der Waals surface area contributed by atoms with Crippen LogP contribution in [0.25, 0.3) is 33.3 Å². The highest BCUT2D eigenvalue weighted by Crippen LogP contribution is 2.29. The lowest BCUT2D eigenvalue weighted by atomic mass is 10.1. The van der Waals surface area contributed by atoms with Gasteiger partial charge in [0.05, 0.1) is 5.56 Å². The molecule has 0 amide bonds. The molecule has 4 aromatic rings. The molecule has 0 saturated carbocycles. The van der Waals surface area contributed by atoms with E-state index in [1.54, 1.807) is 17.5 Å². The highest BCUT2D eigenvalue weighted by Gasteiger charge is 2.14. The van der Waals surface area contributed by atoms with E-state index >= 15 is 0 Å². The highest BCUT2D eigenvalue weighted by molar-refractivity contribution is 7.13. The van der Waals surface area contributed by atoms with Crippen LogP contribution in [0, 0.1) is 0 Å². The van der Waals surface area contributed by atoms with Crippen LogP contribution in [0.2, 0.25) is 0 Å². The fourth-order valence-electron chi connectivity index (χ4n) is 2.45. The van der Waals surface area contributed by atoms with E-state index in [4.69, 9.17) is 4.52 Å². The van der Waals surface area contributed by atoms with Crippen LogP contribution >= 0.6 is 11.3 Å². The predicted octanol–water partition coefficient (Wildman–Crippen LogP) is 4.57. The van der Waals surface area contributed by atoms with Crippen molar-refractivity contribution >= 4 is 17.2 Å². The summed E-state index contributed by atoms with van der Waals surface area (Å²) in [7, 11) is 1.82. The average molecular weight is 334 g/mol. The number of nitrogens with one attached hydrogen (secondary N) is 1. The summed E-state index contributed by atoms with van der Waals surface area (Å²) in [5.41, 5.74) is 2.88. The Hall–Kier alpha value is -2.99. The Kier molecular flexibility index (Phi) is 3.80. The largest absolute Gasteiger partial charge is 0.373 e. The van der Waals surface area contributed by atoms with Gasteiger partial charge in [0, 0.05) is 23.7 Å². The first kappa shape index (κ1) is 14.6. The van der Waals surface area contributed by atoms with Crippen LogP contribution in [0.15, 0.2) is 64.6 Å². The summed E-state index contributed by atoms with van der Waals surface area (Å²) >= 11 is 1.72. The average Bonchev–Trinajstić information content (AvgIpc) is 3.34. The Bertz CT molecular complexity index is 945. The van der Waals surface area contributed by atoms with Gasteiger partial charge in [-0.05, 0) is 41.3 Å². The fraction of sp³-hybridized carbons (Fsp3) is 0.0556. The number of aromatic nitrogens is 3. The lowest BCUT2D eigenvalue weighted by Crippen LogP contribution is -1.95. The summed E-state index contributed by atoms with van der Waals surface area (Å²) in [5, 5.41) is 9.18. The first-order valence-electron chi connectivity index (χ1n) is 7.46. The van der Waals surface area contributed by atoms with Crippen molar-refractivity contribution in [2.75, 3.05) is 12.4 Å². The lowest BCUT2D eigenvalue weighted by Gasteiger charge is -2.02. The van der Waals surface area contributed by atoms with Crippen LogP contribution in [0.3, 0.4) is 0 Å². The Morgan fingerprint density at radius 1 is 1.00 bits per heavy atom. The molecule has 0 radical (unpaired) electrons. The predicted molar refractivity (Wildman–Crippen MR) is 95.8 cm³/mol. The molecule has 1 aromatic carbocycles. The Balaban J connectivity index is 1.65. The molecular weight excluding hydrogens is 320 g/mol. The van der Waals surface area contributed by atoms with Crippen molar-refractivity contribution in [3.63, 3.8) is 0 Å². The molecule has 5 nitrogen and oxygen atoms in total. The van der Waals surface area contributed by atoms with Crippen molar-refractivity contribution in [3.05, 3.63) is 60.1 Å². The summed E-state index contributed by atoms with van der Waals surface area (Å²) in [6.07, 6.45) is 1.72. The van der Waals surface area contributed by atoms with E-state index in [0.717, 1.165) is 16.9 Å². The van der Waals surface area contributed by atoms with Crippen LogP contribution < -0.4 is 5.32 Å². The molecule has 3 heterocycles. The molecule has 24 heavy (non-hydrogen) atoms. The van der Waals surface area contributed by atoms with E-state index in [-0.39, 0.29) is 0 Å². The third-order valence-corrected chi connectivity index (χ3v) is 4.57. The van der Waals surface area contributed by atoms with Crippen LogP contribution in [-0.2, 0) is 0 Å². The maximum atomic E-state index is 5.42. The number of pyridine rings is 1. The van der Waals surface area contributed by atoms with Gasteiger partial charge in [-0.2, -0.15) is 4.98 Å². The summed E-state index contributed by atoms with van der Waals surface area (Å²) in [5.74, 6) is 1.73. The van der Waals surface area contributed by atoms with E-state index in [2.05, 4.69) is 44.0 Å². The topological polar surface area (TPSA) is 63.8 Å². The highest BCUT2D eigenvalue weighted by atomic mass is 32.1. The molecule has 0 saturated heterocycles. The summed E-state index contributed by atoms with van der Waals surface area (Å²) in [6, 6.07) is 16.0. The van der Waals surface area contributed by atoms with Crippen molar-refractivity contribution in [1.82, 2.24) is 15.1 Å². The monoisotopic (exact) mass is 334 g/mol. The quantitative estimate of drug-likeness (QED) is 0.592. The van der Waals surface area contributed by atoms with Gasteiger partial charge in [0.25, 0.3) is 5.89 Å². The molecule has 0 aliphatic heterocycles. The van der Waals surface area contributed by atoms with E-state index < -0.39 is 0 Å². The molecule has 0 spiro atoms. The number of nitrogens with zero attached hydrogens (tertiary/aromatic N) is 3. The van der Waals surface area contributed by atoms with E-state index in [1.807, 2.05) is 37.4 Å². The van der Waals surface area contributed by atoms with Crippen molar-refractivity contribution in [3.8, 4) is 33.3 Å². The molecular formula is C18H14N4OS. The fourth-order valence-corrected chi connectivity index (χ4v) is 3.19. The van der Waals surface area contributed by atoms with Gasteiger partial charge in [-0.3, -0.25) is 0 Å². The second-order valence-electron chi connectivity index (χ2n) is 5.13. The number of benzene rings is 1. The molecule has 1 N–H and O–H groups in total. The van der Waals surface area contributed by atoms with Crippen LogP contribution in [0.1, 0.15) is 0 Å². The van der Waals surface area contributed by atoms with Crippen molar-refractivity contribution in [2.24, 2.45) is 0 Å². The molecule has 0 unspecified atom stereocenters. The number of thiophene rings is 1. The zero-order valence-corrected chi connectivity index (χ0v) is 13.7. The number of rotatable bonds is 4. The molecule has 0 aliphatic rings. The van der Waals surface area contributed by atoms with Crippen LogP contribution in [0.5, 0.6) is 0 Å². The normalized spacial score (nSPS) is 10.7. The van der Waals surface area contributed by atoms with E-state index in [9.17, 15) is 0 Å². The number of anilines is 1. The van der Waals surface area contributed by atoms with Gasteiger partial charge in [-0.25, -0.2) is 4.98 Å².